The predicted molar refractivity (Wildman–Crippen MR) is 106 cm³/mol. The molecule has 0 saturated carbocycles. The maximum Gasteiger partial charge on any atom is 0.343 e. The molecule has 6 nitrogen and oxygen atoms in total. The van der Waals surface area contributed by atoms with Crippen LogP contribution in [0.25, 0.3) is 0 Å². The van der Waals surface area contributed by atoms with E-state index in [1.165, 1.54) is 28.6 Å². The van der Waals surface area contributed by atoms with Gasteiger partial charge in [-0.2, -0.15) is 4.31 Å². The van der Waals surface area contributed by atoms with E-state index in [4.69, 9.17) is 9.47 Å². The van der Waals surface area contributed by atoms with E-state index in [0.29, 0.717) is 24.4 Å². The van der Waals surface area contributed by atoms with Crippen LogP contribution >= 0.6 is 0 Å². The molecule has 2 atom stereocenters. The fraction of sp³-hybridized carbons (Fsp3) is 0.381. The zero-order chi connectivity index (χ0) is 20.5. The summed E-state index contributed by atoms with van der Waals surface area (Å²) in [6.07, 6.45) is -0.324. The van der Waals surface area contributed by atoms with E-state index in [-0.39, 0.29) is 17.1 Å². The molecule has 0 N–H and O–H groups in total. The average molecular weight is 404 g/mol. The van der Waals surface area contributed by atoms with Crippen molar-refractivity contribution in [2.75, 3.05) is 13.1 Å². The number of para-hydroxylation sites is 1. The number of carbonyl (C=O) groups is 1. The molecule has 0 unspecified atom stereocenters. The average Bonchev–Trinajstić information content (AvgIpc) is 2.64. The summed E-state index contributed by atoms with van der Waals surface area (Å²) in [5.74, 6) is 0.00968. The SMILES string of the molecule is Cc1cccc(C)c1OC(=O)c1ccc(S(=O)(=O)N2C[C@@H](C)O[C@@H](C)C2)cc1. The van der Waals surface area contributed by atoms with Crippen LogP contribution in [-0.2, 0) is 14.8 Å². The Balaban J connectivity index is 1.78. The Kier molecular flexibility index (Phi) is 5.88. The van der Waals surface area contributed by atoms with Crippen LogP contribution in [0.2, 0.25) is 0 Å². The molecule has 0 spiro atoms. The summed E-state index contributed by atoms with van der Waals surface area (Å²) in [5, 5.41) is 0. The van der Waals surface area contributed by atoms with Crippen molar-refractivity contribution in [2.24, 2.45) is 0 Å². The third-order valence-electron chi connectivity index (χ3n) is 4.72. The highest BCUT2D eigenvalue weighted by Crippen LogP contribution is 2.25. The fourth-order valence-electron chi connectivity index (χ4n) is 3.35. The molecule has 2 aromatic carbocycles. The van der Waals surface area contributed by atoms with Crippen LogP contribution in [0.15, 0.2) is 47.4 Å². The lowest BCUT2D eigenvalue weighted by Gasteiger charge is -2.34. The van der Waals surface area contributed by atoms with Gasteiger partial charge in [-0.25, -0.2) is 13.2 Å². The second-order valence-electron chi connectivity index (χ2n) is 7.21. The molecule has 2 aromatic rings. The number of carbonyl (C=O) groups excluding carboxylic acids is 1. The van der Waals surface area contributed by atoms with Crippen molar-refractivity contribution in [1.82, 2.24) is 4.31 Å². The molecule has 1 aliphatic heterocycles. The molecule has 7 heteroatoms. The van der Waals surface area contributed by atoms with Gasteiger partial charge in [-0.15, -0.1) is 0 Å². The van der Waals surface area contributed by atoms with Crippen LogP contribution in [0.5, 0.6) is 5.75 Å². The molecular weight excluding hydrogens is 378 g/mol. The Morgan fingerprint density at radius 1 is 1.00 bits per heavy atom. The number of hydrogen-bond acceptors (Lipinski definition) is 5. The number of benzene rings is 2. The first kappa shape index (κ1) is 20.5. The van der Waals surface area contributed by atoms with E-state index >= 15 is 0 Å². The molecule has 0 aliphatic carbocycles. The third kappa shape index (κ3) is 4.27. The number of esters is 1. The zero-order valence-electron chi connectivity index (χ0n) is 16.5. The molecular formula is C21H25NO5S. The van der Waals surface area contributed by atoms with Gasteiger partial charge in [0, 0.05) is 13.1 Å². The van der Waals surface area contributed by atoms with E-state index in [0.717, 1.165) is 11.1 Å². The number of nitrogens with zero attached hydrogens (tertiary/aromatic N) is 1. The van der Waals surface area contributed by atoms with Crippen LogP contribution in [0.4, 0.5) is 0 Å². The Bertz CT molecular complexity index is 939. The normalized spacial score (nSPS) is 20.7. The van der Waals surface area contributed by atoms with E-state index in [1.807, 2.05) is 45.9 Å². The molecule has 0 radical (unpaired) electrons. The molecule has 1 aliphatic rings. The van der Waals surface area contributed by atoms with Gasteiger partial charge in [-0.05, 0) is 63.1 Å². The summed E-state index contributed by atoms with van der Waals surface area (Å²) >= 11 is 0. The molecule has 1 saturated heterocycles. The topological polar surface area (TPSA) is 72.9 Å². The van der Waals surface area contributed by atoms with E-state index in [9.17, 15) is 13.2 Å². The van der Waals surface area contributed by atoms with Crippen molar-refractivity contribution in [3.63, 3.8) is 0 Å². The third-order valence-corrected chi connectivity index (χ3v) is 6.56. The summed E-state index contributed by atoms with van der Waals surface area (Å²) in [6.45, 7) is 8.06. The number of rotatable bonds is 4. The van der Waals surface area contributed by atoms with Gasteiger partial charge >= 0.3 is 5.97 Å². The molecule has 28 heavy (non-hydrogen) atoms. The molecule has 150 valence electrons. The highest BCUT2D eigenvalue weighted by molar-refractivity contribution is 7.89. The minimum Gasteiger partial charge on any atom is -0.422 e. The smallest absolute Gasteiger partial charge is 0.343 e. The highest BCUT2D eigenvalue weighted by Gasteiger charge is 2.32. The number of aryl methyl sites for hydroxylation is 2. The van der Waals surface area contributed by atoms with Crippen molar-refractivity contribution >= 4 is 16.0 Å². The molecule has 1 fully saturated rings. The fourth-order valence-corrected chi connectivity index (χ4v) is 4.94. The lowest BCUT2D eigenvalue weighted by molar-refractivity contribution is -0.0440. The Hall–Kier alpha value is -2.22. The molecule has 1 heterocycles. The van der Waals surface area contributed by atoms with Gasteiger partial charge in [-0.1, -0.05) is 18.2 Å². The zero-order valence-corrected chi connectivity index (χ0v) is 17.3. The first-order chi connectivity index (χ1) is 13.2. The number of sulfonamides is 1. The maximum atomic E-state index is 12.9. The predicted octanol–water partition coefficient (Wildman–Crippen LogP) is 3.32. The highest BCUT2D eigenvalue weighted by atomic mass is 32.2. The summed E-state index contributed by atoms with van der Waals surface area (Å²) < 4.78 is 38.3. The molecule has 0 amide bonds. The van der Waals surface area contributed by atoms with Crippen LogP contribution in [-0.4, -0.2) is 44.0 Å². The number of morpholine rings is 1. The summed E-state index contributed by atoms with van der Waals surface area (Å²) in [7, 11) is -3.64. The van der Waals surface area contributed by atoms with Gasteiger partial charge in [0.15, 0.2) is 0 Å². The second-order valence-corrected chi connectivity index (χ2v) is 9.15. The largest absolute Gasteiger partial charge is 0.422 e. The lowest BCUT2D eigenvalue weighted by Crippen LogP contribution is -2.48. The Labute approximate surface area is 166 Å². The summed E-state index contributed by atoms with van der Waals surface area (Å²) in [6, 6.07) is 11.5. The van der Waals surface area contributed by atoms with E-state index in [2.05, 4.69) is 0 Å². The molecule has 3 rings (SSSR count). The Morgan fingerprint density at radius 3 is 2.07 bits per heavy atom. The lowest BCUT2D eigenvalue weighted by atomic mass is 10.1. The minimum atomic E-state index is -3.64. The van der Waals surface area contributed by atoms with Gasteiger partial charge in [0.25, 0.3) is 0 Å². The van der Waals surface area contributed by atoms with Crippen LogP contribution < -0.4 is 4.74 Å². The second kappa shape index (κ2) is 8.03. The standard InChI is InChI=1S/C21H25NO5S/c1-14-6-5-7-15(2)20(14)27-21(23)18-8-10-19(11-9-18)28(24,25)22-12-16(3)26-17(4)13-22/h5-11,16-17H,12-13H2,1-4H3/t16-,17+. The first-order valence-electron chi connectivity index (χ1n) is 9.22. The minimum absolute atomic E-state index is 0.150. The first-order valence-corrected chi connectivity index (χ1v) is 10.7. The van der Waals surface area contributed by atoms with Crippen LogP contribution in [0, 0.1) is 13.8 Å². The van der Waals surface area contributed by atoms with E-state index in [1.54, 1.807) is 0 Å². The number of ether oxygens (including phenoxy) is 2. The molecule has 0 aromatic heterocycles. The van der Waals surface area contributed by atoms with Crippen molar-refractivity contribution in [3.05, 3.63) is 59.2 Å². The van der Waals surface area contributed by atoms with Gasteiger partial charge in [-0.3, -0.25) is 0 Å². The quantitative estimate of drug-likeness (QED) is 0.578. The Morgan fingerprint density at radius 2 is 1.54 bits per heavy atom. The van der Waals surface area contributed by atoms with Gasteiger partial charge in [0.2, 0.25) is 10.0 Å². The summed E-state index contributed by atoms with van der Waals surface area (Å²) in [5.41, 5.74) is 2.02. The van der Waals surface area contributed by atoms with Gasteiger partial charge < -0.3 is 9.47 Å². The molecule has 0 bridgehead atoms. The van der Waals surface area contributed by atoms with E-state index < -0.39 is 16.0 Å². The summed E-state index contributed by atoms with van der Waals surface area (Å²) in [4.78, 5) is 12.6. The van der Waals surface area contributed by atoms with Crippen molar-refractivity contribution < 1.29 is 22.7 Å². The van der Waals surface area contributed by atoms with Crippen LogP contribution in [0.1, 0.15) is 35.3 Å². The number of hydrogen-bond donors (Lipinski definition) is 0. The van der Waals surface area contributed by atoms with Crippen LogP contribution in [0.3, 0.4) is 0 Å². The van der Waals surface area contributed by atoms with Crippen molar-refractivity contribution in [2.45, 2.75) is 44.8 Å². The maximum absolute atomic E-state index is 12.9. The van der Waals surface area contributed by atoms with Crippen molar-refractivity contribution in [1.29, 1.82) is 0 Å². The van der Waals surface area contributed by atoms with Crippen molar-refractivity contribution in [3.8, 4) is 5.75 Å². The van der Waals surface area contributed by atoms with Gasteiger partial charge in [0.1, 0.15) is 5.75 Å². The van der Waals surface area contributed by atoms with Gasteiger partial charge in [0.05, 0.1) is 22.7 Å². The monoisotopic (exact) mass is 403 g/mol.